The smallest absolute Gasteiger partial charge is 0.338 e. The molecule has 2 rings (SSSR count). The van der Waals surface area contributed by atoms with Gasteiger partial charge in [-0.05, 0) is 36.8 Å². The highest BCUT2D eigenvalue weighted by atomic mass is 35.5. The van der Waals surface area contributed by atoms with E-state index in [0.29, 0.717) is 33.2 Å². The zero-order chi connectivity index (χ0) is 18.4. The average molecular weight is 382 g/mol. The lowest BCUT2D eigenvalue weighted by Crippen LogP contribution is -2.16. The van der Waals surface area contributed by atoms with Crippen molar-refractivity contribution in [2.24, 2.45) is 0 Å². The van der Waals surface area contributed by atoms with Crippen molar-refractivity contribution in [2.75, 3.05) is 18.2 Å². The molecule has 1 N–H and O–H groups in total. The van der Waals surface area contributed by atoms with Crippen LogP contribution < -0.4 is 5.32 Å². The third kappa shape index (κ3) is 4.96. The van der Waals surface area contributed by atoms with Crippen LogP contribution in [0.15, 0.2) is 36.4 Å². The molecule has 0 aromatic heterocycles. The summed E-state index contributed by atoms with van der Waals surface area (Å²) in [6, 6.07) is 9.49. The van der Waals surface area contributed by atoms with Crippen molar-refractivity contribution in [3.05, 3.63) is 63.9 Å². The lowest BCUT2D eigenvalue weighted by Gasteiger charge is -2.11. The summed E-state index contributed by atoms with van der Waals surface area (Å²) in [5.74, 6) is -0.672. The fourth-order valence-corrected chi connectivity index (χ4v) is 3.37. The van der Waals surface area contributed by atoms with Gasteiger partial charge in [0, 0.05) is 22.0 Å². The number of benzene rings is 2. The number of thioether (sulfide) groups is 1. The van der Waals surface area contributed by atoms with Gasteiger partial charge in [0.05, 0.1) is 18.4 Å². The van der Waals surface area contributed by atoms with Crippen molar-refractivity contribution >= 4 is 40.9 Å². The molecule has 0 aliphatic carbocycles. The van der Waals surface area contributed by atoms with Gasteiger partial charge in [-0.25, -0.2) is 9.18 Å². The number of nitrogens with one attached hydrogen (secondary N) is 1. The van der Waals surface area contributed by atoms with E-state index in [9.17, 15) is 14.0 Å². The maximum absolute atomic E-state index is 13.7. The largest absolute Gasteiger partial charge is 0.465 e. The summed E-state index contributed by atoms with van der Waals surface area (Å²) in [4.78, 5) is 23.8. The highest BCUT2D eigenvalue weighted by molar-refractivity contribution is 7.99. The molecule has 7 heteroatoms. The molecular formula is C18H17ClFNO3S. The predicted octanol–water partition coefficient (Wildman–Crippen LogP) is 4.45. The molecule has 2 aromatic carbocycles. The molecule has 0 heterocycles. The summed E-state index contributed by atoms with van der Waals surface area (Å²) in [6.07, 6.45) is 0. The summed E-state index contributed by atoms with van der Waals surface area (Å²) >= 11 is 7.21. The number of carbonyl (C=O) groups is 2. The van der Waals surface area contributed by atoms with Gasteiger partial charge in [-0.3, -0.25) is 4.79 Å². The Morgan fingerprint density at radius 2 is 1.96 bits per heavy atom. The number of hydrogen-bond acceptors (Lipinski definition) is 4. The predicted molar refractivity (Wildman–Crippen MR) is 98.7 cm³/mol. The van der Waals surface area contributed by atoms with Crippen LogP contribution in [0.1, 0.15) is 21.5 Å². The third-order valence-corrected chi connectivity index (χ3v) is 4.87. The highest BCUT2D eigenvalue weighted by Gasteiger charge is 2.14. The lowest BCUT2D eigenvalue weighted by molar-refractivity contribution is -0.113. The number of carbonyl (C=O) groups excluding carboxylic acids is 2. The van der Waals surface area contributed by atoms with Gasteiger partial charge in [0.25, 0.3) is 0 Å². The molecule has 0 fully saturated rings. The average Bonchev–Trinajstić information content (AvgIpc) is 2.58. The van der Waals surface area contributed by atoms with Crippen LogP contribution in [0.25, 0.3) is 0 Å². The Hall–Kier alpha value is -2.05. The van der Waals surface area contributed by atoms with Gasteiger partial charge in [-0.1, -0.05) is 23.7 Å². The Bertz CT molecular complexity index is 778. The number of esters is 1. The van der Waals surface area contributed by atoms with E-state index in [1.165, 1.54) is 31.0 Å². The number of anilines is 1. The monoisotopic (exact) mass is 381 g/mol. The number of methoxy groups -OCH3 is 1. The van der Waals surface area contributed by atoms with Crippen molar-refractivity contribution < 1.29 is 18.7 Å². The van der Waals surface area contributed by atoms with Gasteiger partial charge >= 0.3 is 5.97 Å². The number of rotatable bonds is 6. The molecule has 4 nitrogen and oxygen atoms in total. The summed E-state index contributed by atoms with van der Waals surface area (Å²) in [6.45, 7) is 1.73. The van der Waals surface area contributed by atoms with Crippen LogP contribution >= 0.6 is 23.4 Å². The van der Waals surface area contributed by atoms with Crippen molar-refractivity contribution in [3.8, 4) is 0 Å². The van der Waals surface area contributed by atoms with E-state index in [2.05, 4.69) is 5.32 Å². The van der Waals surface area contributed by atoms with Crippen LogP contribution in [0.3, 0.4) is 0 Å². The fraction of sp³-hybridized carbons (Fsp3) is 0.222. The molecule has 2 aromatic rings. The first-order chi connectivity index (χ1) is 11.9. The van der Waals surface area contributed by atoms with Crippen molar-refractivity contribution in [2.45, 2.75) is 12.7 Å². The molecule has 0 aliphatic heterocycles. The Kier molecular flexibility index (Phi) is 6.84. The quantitative estimate of drug-likeness (QED) is 0.751. The number of amides is 1. The summed E-state index contributed by atoms with van der Waals surface area (Å²) < 4.78 is 18.4. The Morgan fingerprint density at radius 3 is 2.64 bits per heavy atom. The molecule has 0 saturated carbocycles. The second-order valence-electron chi connectivity index (χ2n) is 5.21. The van der Waals surface area contributed by atoms with E-state index in [0.717, 1.165) is 0 Å². The molecule has 25 heavy (non-hydrogen) atoms. The first-order valence-corrected chi connectivity index (χ1v) is 8.95. The minimum absolute atomic E-state index is 0.132. The molecule has 132 valence electrons. The molecule has 0 spiro atoms. The molecule has 0 unspecified atom stereocenters. The standard InChI is InChI=1S/C18H17ClFNO3S/c1-11-12(18(23)24-2)5-3-8-16(11)21-17(22)10-25-9-13-14(19)6-4-7-15(13)20/h3-8H,9-10H2,1-2H3,(H,21,22). The molecule has 0 saturated heterocycles. The minimum atomic E-state index is -0.461. The van der Waals surface area contributed by atoms with E-state index in [1.807, 2.05) is 0 Å². The van der Waals surface area contributed by atoms with Crippen LogP contribution in [-0.4, -0.2) is 24.7 Å². The molecular weight excluding hydrogens is 365 g/mol. The van der Waals surface area contributed by atoms with Gasteiger partial charge in [-0.2, -0.15) is 0 Å². The maximum atomic E-state index is 13.7. The molecule has 0 bridgehead atoms. The van der Waals surface area contributed by atoms with E-state index in [4.69, 9.17) is 16.3 Å². The highest BCUT2D eigenvalue weighted by Crippen LogP contribution is 2.24. The van der Waals surface area contributed by atoms with Gasteiger partial charge in [-0.15, -0.1) is 11.8 Å². The van der Waals surface area contributed by atoms with E-state index in [1.54, 1.807) is 31.2 Å². The molecule has 0 aliphatic rings. The van der Waals surface area contributed by atoms with Crippen LogP contribution in [-0.2, 0) is 15.3 Å². The van der Waals surface area contributed by atoms with E-state index >= 15 is 0 Å². The molecule has 1 amide bonds. The number of hydrogen-bond donors (Lipinski definition) is 1. The Balaban J connectivity index is 1.96. The topological polar surface area (TPSA) is 55.4 Å². The summed E-state index contributed by atoms with van der Waals surface area (Å²) in [5, 5.41) is 3.09. The van der Waals surface area contributed by atoms with E-state index in [-0.39, 0.29) is 17.5 Å². The van der Waals surface area contributed by atoms with Crippen LogP contribution in [0.2, 0.25) is 5.02 Å². The van der Waals surface area contributed by atoms with Gasteiger partial charge in [0.1, 0.15) is 5.82 Å². The Labute approximate surface area is 154 Å². The van der Waals surface area contributed by atoms with Crippen molar-refractivity contribution in [1.82, 2.24) is 0 Å². The van der Waals surface area contributed by atoms with Crippen molar-refractivity contribution in [3.63, 3.8) is 0 Å². The van der Waals surface area contributed by atoms with Crippen LogP contribution in [0, 0.1) is 12.7 Å². The van der Waals surface area contributed by atoms with Crippen LogP contribution in [0.5, 0.6) is 0 Å². The van der Waals surface area contributed by atoms with Gasteiger partial charge < -0.3 is 10.1 Å². The zero-order valence-electron chi connectivity index (χ0n) is 13.8. The zero-order valence-corrected chi connectivity index (χ0v) is 15.3. The third-order valence-electron chi connectivity index (χ3n) is 3.55. The SMILES string of the molecule is COC(=O)c1cccc(NC(=O)CSCc2c(F)cccc2Cl)c1C. The number of halogens is 2. The first kappa shape index (κ1) is 19.3. The Morgan fingerprint density at radius 1 is 1.24 bits per heavy atom. The van der Waals surface area contributed by atoms with Crippen molar-refractivity contribution in [1.29, 1.82) is 0 Å². The summed E-state index contributed by atoms with van der Waals surface area (Å²) in [5.41, 5.74) is 1.94. The maximum Gasteiger partial charge on any atom is 0.338 e. The second-order valence-corrected chi connectivity index (χ2v) is 6.60. The van der Waals surface area contributed by atoms with Gasteiger partial charge in [0.2, 0.25) is 5.91 Å². The first-order valence-electron chi connectivity index (χ1n) is 7.42. The van der Waals surface area contributed by atoms with E-state index < -0.39 is 5.97 Å². The van der Waals surface area contributed by atoms with Gasteiger partial charge in [0.15, 0.2) is 0 Å². The minimum Gasteiger partial charge on any atom is -0.465 e. The molecule has 0 radical (unpaired) electrons. The normalized spacial score (nSPS) is 10.4. The lowest BCUT2D eigenvalue weighted by atomic mass is 10.1. The number of ether oxygens (including phenoxy) is 1. The second kappa shape index (κ2) is 8.87. The molecule has 0 atom stereocenters. The van der Waals surface area contributed by atoms with Crippen LogP contribution in [0.4, 0.5) is 10.1 Å². The fourth-order valence-electron chi connectivity index (χ4n) is 2.20. The summed E-state index contributed by atoms with van der Waals surface area (Å²) in [7, 11) is 1.30.